The van der Waals surface area contributed by atoms with Gasteiger partial charge in [0.05, 0.1) is 18.5 Å². The lowest BCUT2D eigenvalue weighted by Gasteiger charge is -2.17. The summed E-state index contributed by atoms with van der Waals surface area (Å²) in [5.41, 5.74) is 1.83. The van der Waals surface area contributed by atoms with Gasteiger partial charge in [0.1, 0.15) is 11.0 Å². The van der Waals surface area contributed by atoms with Gasteiger partial charge in [-0.2, -0.15) is 4.40 Å². The lowest BCUT2D eigenvalue weighted by Crippen LogP contribution is -2.23. The first kappa shape index (κ1) is 22.6. The van der Waals surface area contributed by atoms with Crippen molar-refractivity contribution in [3.05, 3.63) is 17.8 Å². The topological polar surface area (TPSA) is 70.0 Å². The number of nitrogens with zero attached hydrogens (tertiary/aromatic N) is 2. The third-order valence-electron chi connectivity index (χ3n) is 3.59. The van der Waals surface area contributed by atoms with E-state index >= 15 is 0 Å². The Labute approximate surface area is 160 Å². The summed E-state index contributed by atoms with van der Waals surface area (Å²) in [5.74, 6) is 1.24. The van der Waals surface area contributed by atoms with E-state index in [0.29, 0.717) is 31.3 Å². The first-order valence-electron chi connectivity index (χ1n) is 8.83. The second-order valence-corrected chi connectivity index (χ2v) is 9.23. The van der Waals surface area contributed by atoms with E-state index in [4.69, 9.17) is 14.2 Å². The van der Waals surface area contributed by atoms with Crippen LogP contribution in [0.25, 0.3) is 0 Å². The molecule has 0 fully saturated rings. The molecule has 0 radical (unpaired) electrons. The van der Waals surface area contributed by atoms with Gasteiger partial charge in [-0.15, -0.1) is 0 Å². The number of rotatable bonds is 10. The van der Waals surface area contributed by atoms with E-state index in [1.54, 1.807) is 20.4 Å². The van der Waals surface area contributed by atoms with Crippen molar-refractivity contribution in [2.45, 2.75) is 52.2 Å². The number of aromatic nitrogens is 1. The second-order valence-electron chi connectivity index (χ2n) is 7.32. The van der Waals surface area contributed by atoms with Gasteiger partial charge in [-0.1, -0.05) is 13.8 Å². The van der Waals surface area contributed by atoms with E-state index in [2.05, 4.69) is 23.2 Å². The van der Waals surface area contributed by atoms with Crippen molar-refractivity contribution in [1.29, 1.82) is 0 Å². The molecule has 1 atom stereocenters. The highest BCUT2D eigenvalue weighted by atomic mass is 32.2. The van der Waals surface area contributed by atoms with Crippen LogP contribution >= 0.6 is 0 Å². The molecule has 1 heterocycles. The molecule has 0 spiro atoms. The van der Waals surface area contributed by atoms with Crippen LogP contribution in [0.2, 0.25) is 0 Å². The van der Waals surface area contributed by atoms with Gasteiger partial charge in [0.2, 0.25) is 0 Å². The molecule has 0 saturated heterocycles. The van der Waals surface area contributed by atoms with Gasteiger partial charge in [-0.3, -0.25) is 0 Å². The Balaban J connectivity index is 2.98. The number of methoxy groups -OCH3 is 2. The molecule has 0 amide bonds. The molecular weight excluding hydrogens is 352 g/mol. The maximum absolute atomic E-state index is 12.4. The molecule has 7 heteroatoms. The molecule has 1 aromatic heterocycles. The Bertz CT molecular complexity index is 624. The number of hydrogen-bond donors (Lipinski definition) is 0. The molecule has 1 aromatic rings. The van der Waals surface area contributed by atoms with Crippen molar-refractivity contribution in [3.63, 3.8) is 0 Å². The summed E-state index contributed by atoms with van der Waals surface area (Å²) >= 11 is 0. The number of hydrogen-bond acceptors (Lipinski definition) is 5. The normalized spacial score (nSPS) is 13.8. The molecule has 0 N–H and O–H groups in total. The molecule has 0 aromatic carbocycles. The van der Waals surface area contributed by atoms with Gasteiger partial charge in [0.25, 0.3) is 5.88 Å². The molecule has 26 heavy (non-hydrogen) atoms. The van der Waals surface area contributed by atoms with Crippen LogP contribution in [-0.4, -0.2) is 47.1 Å². The minimum atomic E-state index is -1.28. The molecule has 0 bridgehead atoms. The predicted molar refractivity (Wildman–Crippen MR) is 107 cm³/mol. The van der Waals surface area contributed by atoms with Crippen molar-refractivity contribution in [1.82, 2.24) is 4.98 Å². The van der Waals surface area contributed by atoms with Crippen LogP contribution in [0.3, 0.4) is 0 Å². The van der Waals surface area contributed by atoms with Crippen molar-refractivity contribution in [2.24, 2.45) is 10.3 Å². The Kier molecular flexibility index (Phi) is 9.22. The van der Waals surface area contributed by atoms with Gasteiger partial charge in [-0.25, -0.2) is 9.19 Å². The van der Waals surface area contributed by atoms with Gasteiger partial charge in [-0.05, 0) is 38.3 Å². The lowest BCUT2D eigenvalue weighted by atomic mass is 10.0. The fourth-order valence-corrected chi connectivity index (χ4v) is 2.77. The predicted octanol–water partition coefficient (Wildman–Crippen LogP) is 3.61. The molecule has 0 unspecified atom stereocenters. The lowest BCUT2D eigenvalue weighted by molar-refractivity contribution is 0.170. The fraction of sp³-hybridized carbons (Fsp3) is 0.684. The van der Waals surface area contributed by atoms with E-state index in [0.717, 1.165) is 17.7 Å². The molecule has 0 saturated carbocycles. The van der Waals surface area contributed by atoms with E-state index in [1.807, 2.05) is 26.8 Å². The van der Waals surface area contributed by atoms with Crippen molar-refractivity contribution >= 4 is 16.7 Å². The van der Waals surface area contributed by atoms with Gasteiger partial charge in [0.15, 0.2) is 5.75 Å². The second kappa shape index (κ2) is 10.6. The quantitative estimate of drug-likeness (QED) is 0.455. The average Bonchev–Trinajstić information content (AvgIpc) is 2.57. The zero-order valence-corrected chi connectivity index (χ0v) is 17.8. The minimum absolute atomic E-state index is 0.189. The van der Waals surface area contributed by atoms with E-state index < -0.39 is 11.0 Å². The summed E-state index contributed by atoms with van der Waals surface area (Å²) in [7, 11) is 1.95. The van der Waals surface area contributed by atoms with Gasteiger partial charge >= 0.3 is 0 Å². The Morgan fingerprint density at radius 3 is 2.50 bits per heavy atom. The van der Waals surface area contributed by atoms with E-state index in [1.165, 1.54) is 0 Å². The molecule has 0 aliphatic rings. The summed E-state index contributed by atoms with van der Waals surface area (Å²) in [6, 6.07) is 1.91. The molecule has 0 aliphatic heterocycles. The number of ether oxygens (including phenoxy) is 3. The van der Waals surface area contributed by atoms with Gasteiger partial charge in [0, 0.05) is 38.5 Å². The minimum Gasteiger partial charge on any atom is -0.488 e. The Morgan fingerprint density at radius 2 is 1.96 bits per heavy atom. The number of pyridine rings is 1. The van der Waals surface area contributed by atoms with Crippen molar-refractivity contribution < 1.29 is 18.4 Å². The highest BCUT2D eigenvalue weighted by Gasteiger charge is 2.21. The van der Waals surface area contributed by atoms with Crippen LogP contribution in [0.1, 0.15) is 46.6 Å². The first-order chi connectivity index (χ1) is 12.2. The molecule has 1 rings (SSSR count). The molecule has 0 aliphatic carbocycles. The first-order valence-corrected chi connectivity index (χ1v) is 9.93. The van der Waals surface area contributed by atoms with E-state index in [-0.39, 0.29) is 10.7 Å². The highest BCUT2D eigenvalue weighted by molar-refractivity contribution is 7.85. The molecular formula is C19H32N2O4S. The maximum Gasteiger partial charge on any atom is 0.256 e. The Hall–Kier alpha value is -1.47. The van der Waals surface area contributed by atoms with Crippen LogP contribution in [0.5, 0.6) is 11.6 Å². The van der Waals surface area contributed by atoms with Crippen molar-refractivity contribution in [3.8, 4) is 11.6 Å². The monoisotopic (exact) mass is 384 g/mol. The van der Waals surface area contributed by atoms with E-state index in [9.17, 15) is 4.21 Å². The summed E-state index contributed by atoms with van der Waals surface area (Å²) < 4.78 is 32.6. The van der Waals surface area contributed by atoms with Gasteiger partial charge < -0.3 is 14.2 Å². The highest BCUT2D eigenvalue weighted by Crippen LogP contribution is 2.26. The Morgan fingerprint density at radius 1 is 1.27 bits per heavy atom. The fourth-order valence-electron chi connectivity index (χ4n) is 2.01. The summed E-state index contributed by atoms with van der Waals surface area (Å²) in [6.45, 7) is 11.0. The summed E-state index contributed by atoms with van der Waals surface area (Å²) in [6.07, 6.45) is 3.11. The smallest absolute Gasteiger partial charge is 0.256 e. The van der Waals surface area contributed by atoms with Crippen LogP contribution in [0.4, 0.5) is 0 Å². The standard InChI is InChI=1S/C19H32N2O4S/c1-14(2)16(21-26(22)19(3,4)5)11-15-12-17(18(24-7)20-13-15)25-10-8-9-23-6/h12-14H,8-11H2,1-7H3/t26-/m1/s1. The zero-order chi connectivity index (χ0) is 19.7. The van der Waals surface area contributed by atoms with Crippen LogP contribution in [0.15, 0.2) is 16.7 Å². The summed E-state index contributed by atoms with van der Waals surface area (Å²) in [5, 5.41) is 0. The third kappa shape index (κ3) is 7.41. The zero-order valence-electron chi connectivity index (χ0n) is 17.0. The molecule has 6 nitrogen and oxygen atoms in total. The maximum atomic E-state index is 12.4. The molecule has 148 valence electrons. The summed E-state index contributed by atoms with van der Waals surface area (Å²) in [4.78, 5) is 4.33. The van der Waals surface area contributed by atoms with Crippen LogP contribution in [0, 0.1) is 5.92 Å². The SMILES string of the molecule is COCCCOc1cc(CC(=N[S@](=O)C(C)(C)C)C(C)C)cnc1OC. The third-order valence-corrected chi connectivity index (χ3v) is 5.04. The van der Waals surface area contributed by atoms with Crippen LogP contribution in [-0.2, 0) is 22.1 Å². The van der Waals surface area contributed by atoms with Crippen molar-refractivity contribution in [2.75, 3.05) is 27.4 Å². The van der Waals surface area contributed by atoms with Crippen LogP contribution < -0.4 is 9.47 Å². The average molecular weight is 385 g/mol. The largest absolute Gasteiger partial charge is 0.488 e.